The van der Waals surface area contributed by atoms with Crippen molar-refractivity contribution in [2.24, 2.45) is 0 Å². The third kappa shape index (κ3) is 8.98. The Bertz CT molecular complexity index is 1140. The molecule has 2 amide bonds. The van der Waals surface area contributed by atoms with Gasteiger partial charge in [0.2, 0.25) is 21.8 Å². The fourth-order valence-electron chi connectivity index (χ4n) is 3.74. The summed E-state index contributed by atoms with van der Waals surface area (Å²) in [4.78, 5) is 27.6. The number of carbonyl (C=O) groups excluding carboxylic acids is 2. The highest BCUT2D eigenvalue weighted by molar-refractivity contribution is 7.92. The van der Waals surface area contributed by atoms with Crippen LogP contribution in [0.5, 0.6) is 0 Å². The van der Waals surface area contributed by atoms with Crippen molar-refractivity contribution in [1.29, 1.82) is 0 Å². The summed E-state index contributed by atoms with van der Waals surface area (Å²) in [5.74, 6) is -0.461. The second-order valence-corrected chi connectivity index (χ2v) is 11.6. The minimum absolute atomic E-state index is 0.0752. The molecule has 0 spiro atoms. The van der Waals surface area contributed by atoms with E-state index in [2.05, 4.69) is 5.32 Å². The molecule has 2 aromatic rings. The number of hydrogen-bond acceptors (Lipinski definition) is 4. The first-order valence-electron chi connectivity index (χ1n) is 12.0. The van der Waals surface area contributed by atoms with Gasteiger partial charge in [0, 0.05) is 36.1 Å². The van der Waals surface area contributed by atoms with E-state index in [1.165, 1.54) is 9.21 Å². The molecule has 0 radical (unpaired) electrons. The number of unbranched alkanes of at least 4 members (excludes halogenated alkanes) is 1. The molecular weight excluding hydrogens is 521 g/mol. The van der Waals surface area contributed by atoms with Gasteiger partial charge in [0.25, 0.3) is 0 Å². The summed E-state index contributed by atoms with van der Waals surface area (Å²) in [7, 11) is -3.60. The van der Waals surface area contributed by atoms with E-state index >= 15 is 0 Å². The second-order valence-electron chi connectivity index (χ2n) is 8.84. The number of sulfonamides is 1. The van der Waals surface area contributed by atoms with Crippen LogP contribution in [-0.2, 0) is 26.2 Å². The van der Waals surface area contributed by atoms with Gasteiger partial charge in [0.05, 0.1) is 11.9 Å². The summed E-state index contributed by atoms with van der Waals surface area (Å²) >= 11 is 12.1. The van der Waals surface area contributed by atoms with Gasteiger partial charge in [-0.25, -0.2) is 8.42 Å². The van der Waals surface area contributed by atoms with Crippen LogP contribution in [0.4, 0.5) is 5.69 Å². The van der Waals surface area contributed by atoms with Crippen LogP contribution in [0.25, 0.3) is 0 Å². The zero-order valence-corrected chi connectivity index (χ0v) is 23.6. The lowest BCUT2D eigenvalue weighted by Gasteiger charge is -2.29. The third-order valence-corrected chi connectivity index (χ3v) is 7.52. The van der Waals surface area contributed by atoms with Crippen molar-refractivity contribution in [3.63, 3.8) is 0 Å². The summed E-state index contributed by atoms with van der Waals surface area (Å²) in [5, 5.41) is 3.90. The Morgan fingerprint density at radius 2 is 1.67 bits per heavy atom. The van der Waals surface area contributed by atoms with Crippen LogP contribution in [-0.4, -0.2) is 50.5 Å². The van der Waals surface area contributed by atoms with E-state index in [4.69, 9.17) is 23.2 Å². The van der Waals surface area contributed by atoms with Gasteiger partial charge in [-0.2, -0.15) is 0 Å². The molecule has 0 saturated heterocycles. The van der Waals surface area contributed by atoms with E-state index in [0.717, 1.165) is 30.2 Å². The first-order chi connectivity index (χ1) is 16.9. The number of anilines is 1. The van der Waals surface area contributed by atoms with Crippen molar-refractivity contribution < 1.29 is 18.0 Å². The van der Waals surface area contributed by atoms with E-state index in [1.807, 2.05) is 26.0 Å². The molecule has 10 heteroatoms. The monoisotopic (exact) mass is 555 g/mol. The molecule has 1 unspecified atom stereocenters. The minimum atomic E-state index is -3.60. The minimum Gasteiger partial charge on any atom is -0.354 e. The lowest BCUT2D eigenvalue weighted by atomic mass is 10.1. The Morgan fingerprint density at radius 3 is 2.28 bits per heavy atom. The Hall–Kier alpha value is -2.29. The van der Waals surface area contributed by atoms with Crippen molar-refractivity contribution in [2.75, 3.05) is 23.7 Å². The molecule has 0 saturated carbocycles. The maximum atomic E-state index is 13.3. The van der Waals surface area contributed by atoms with Crippen molar-refractivity contribution >= 4 is 50.7 Å². The van der Waals surface area contributed by atoms with Crippen molar-refractivity contribution in [3.8, 4) is 0 Å². The van der Waals surface area contributed by atoms with Gasteiger partial charge in [-0.15, -0.1) is 0 Å². The van der Waals surface area contributed by atoms with Crippen LogP contribution in [0.15, 0.2) is 42.5 Å². The maximum Gasteiger partial charge on any atom is 0.242 e. The quantitative estimate of drug-likeness (QED) is 0.345. The zero-order chi connectivity index (χ0) is 26.9. The maximum absolute atomic E-state index is 13.3. The van der Waals surface area contributed by atoms with Gasteiger partial charge in [0.1, 0.15) is 6.04 Å². The van der Waals surface area contributed by atoms with Gasteiger partial charge in [-0.3, -0.25) is 13.9 Å². The number of halogens is 2. The summed E-state index contributed by atoms with van der Waals surface area (Å²) in [6, 6.07) is 11.5. The molecule has 1 atom stereocenters. The summed E-state index contributed by atoms with van der Waals surface area (Å²) in [6.07, 6.45) is 3.29. The van der Waals surface area contributed by atoms with Gasteiger partial charge in [-0.1, -0.05) is 54.7 Å². The molecule has 0 aliphatic rings. The molecule has 2 rings (SSSR count). The molecule has 1 N–H and O–H groups in total. The van der Waals surface area contributed by atoms with Crippen LogP contribution >= 0.6 is 23.2 Å². The van der Waals surface area contributed by atoms with E-state index in [9.17, 15) is 18.0 Å². The molecule has 0 fully saturated rings. The van der Waals surface area contributed by atoms with Gasteiger partial charge in [0.15, 0.2) is 0 Å². The number of nitrogens with one attached hydrogen (secondary N) is 1. The highest BCUT2D eigenvalue weighted by atomic mass is 35.5. The molecule has 0 heterocycles. The predicted octanol–water partition coefficient (Wildman–Crippen LogP) is 5.18. The van der Waals surface area contributed by atoms with E-state index in [0.29, 0.717) is 22.3 Å². The standard InChI is InChI=1S/C26H35Cl2N3O4S/c1-5-6-15-29-26(33)20(3)30(18-21-10-13-22(27)14-11-21)25(32)8-7-16-31(36(4,34)35)24-17-23(28)12-9-19(24)2/h9-14,17,20H,5-8,15-16,18H2,1-4H3,(H,29,33). The smallest absolute Gasteiger partial charge is 0.242 e. The van der Waals surface area contributed by atoms with E-state index < -0.39 is 16.1 Å². The molecule has 0 aliphatic heterocycles. The molecule has 2 aromatic carbocycles. The first kappa shape index (κ1) is 29.9. The normalized spacial score (nSPS) is 12.2. The number of benzene rings is 2. The molecule has 7 nitrogen and oxygen atoms in total. The number of amides is 2. The van der Waals surface area contributed by atoms with Crippen molar-refractivity contribution in [1.82, 2.24) is 10.2 Å². The summed E-state index contributed by atoms with van der Waals surface area (Å²) < 4.78 is 26.3. The predicted molar refractivity (Wildman–Crippen MR) is 147 cm³/mol. The lowest BCUT2D eigenvalue weighted by Crippen LogP contribution is -2.48. The van der Waals surface area contributed by atoms with Crippen LogP contribution < -0.4 is 9.62 Å². The fraction of sp³-hybridized carbons (Fsp3) is 0.462. The molecule has 36 heavy (non-hydrogen) atoms. The molecular formula is C26H35Cl2N3O4S. The number of aryl methyl sites for hydroxylation is 1. The average Bonchev–Trinajstić information content (AvgIpc) is 2.82. The van der Waals surface area contributed by atoms with Crippen LogP contribution in [0, 0.1) is 6.92 Å². The Morgan fingerprint density at radius 1 is 1.03 bits per heavy atom. The van der Waals surface area contributed by atoms with Gasteiger partial charge < -0.3 is 10.2 Å². The number of rotatable bonds is 13. The summed E-state index contributed by atoms with van der Waals surface area (Å²) in [6.45, 7) is 6.44. The molecule has 0 aliphatic carbocycles. The van der Waals surface area contributed by atoms with Crippen LogP contribution in [0.2, 0.25) is 10.0 Å². The lowest BCUT2D eigenvalue weighted by molar-refractivity contribution is -0.140. The second kappa shape index (κ2) is 13.9. The number of nitrogens with zero attached hydrogens (tertiary/aromatic N) is 2. The van der Waals surface area contributed by atoms with Crippen LogP contribution in [0.3, 0.4) is 0 Å². The van der Waals surface area contributed by atoms with E-state index in [1.54, 1.807) is 37.3 Å². The average molecular weight is 557 g/mol. The Labute approximate surface area is 224 Å². The third-order valence-electron chi connectivity index (χ3n) is 5.86. The fourth-order valence-corrected chi connectivity index (χ4v) is 5.05. The highest BCUT2D eigenvalue weighted by Gasteiger charge is 2.27. The first-order valence-corrected chi connectivity index (χ1v) is 14.6. The molecule has 0 aromatic heterocycles. The van der Waals surface area contributed by atoms with Crippen molar-refractivity contribution in [3.05, 3.63) is 63.6 Å². The Kier molecular flexibility index (Phi) is 11.5. The van der Waals surface area contributed by atoms with Gasteiger partial charge in [-0.05, 0) is 62.1 Å². The number of hydrogen-bond donors (Lipinski definition) is 1. The molecule has 0 bridgehead atoms. The largest absolute Gasteiger partial charge is 0.354 e. The van der Waals surface area contributed by atoms with Gasteiger partial charge >= 0.3 is 0 Å². The molecule has 198 valence electrons. The van der Waals surface area contributed by atoms with Crippen molar-refractivity contribution in [2.45, 2.75) is 59.0 Å². The SMILES string of the molecule is CCCCNC(=O)C(C)N(Cc1ccc(Cl)cc1)C(=O)CCCN(c1cc(Cl)ccc1C)S(C)(=O)=O. The van der Waals surface area contributed by atoms with E-state index in [-0.39, 0.29) is 37.7 Å². The highest BCUT2D eigenvalue weighted by Crippen LogP contribution is 2.27. The zero-order valence-electron chi connectivity index (χ0n) is 21.3. The summed E-state index contributed by atoms with van der Waals surface area (Å²) in [5.41, 5.74) is 2.09. The topological polar surface area (TPSA) is 86.8 Å². The van der Waals surface area contributed by atoms with Crippen LogP contribution in [0.1, 0.15) is 50.7 Å². The Balaban J connectivity index is 2.17. The number of carbonyl (C=O) groups is 2.